The average molecular weight is 1160 g/mol. The first-order valence-corrected chi connectivity index (χ1v) is 30.3. The molecule has 90 heavy (non-hydrogen) atoms. The van der Waals surface area contributed by atoms with E-state index in [1.807, 2.05) is 12.1 Å². The van der Waals surface area contributed by atoms with E-state index in [0.29, 0.717) is 5.95 Å². The Balaban J connectivity index is 1.17. The van der Waals surface area contributed by atoms with Crippen molar-refractivity contribution in [2.24, 2.45) is 0 Å². The van der Waals surface area contributed by atoms with Gasteiger partial charge in [-0.05, 0) is 176 Å². The van der Waals surface area contributed by atoms with Crippen LogP contribution in [-0.2, 0) is 0 Å². The number of hydrogen-bond acceptors (Lipinski definition) is 2. The van der Waals surface area contributed by atoms with Crippen molar-refractivity contribution in [2.75, 3.05) is 0 Å². The average Bonchev–Trinajstić information content (AvgIpc) is 3.79. The fourth-order valence-corrected chi connectivity index (χ4v) is 12.2. The van der Waals surface area contributed by atoms with Gasteiger partial charge in [0.05, 0.1) is 22.4 Å². The van der Waals surface area contributed by atoms with E-state index in [-0.39, 0.29) is 0 Å². The summed E-state index contributed by atoms with van der Waals surface area (Å²) in [5.74, 6) is 0.514. The van der Waals surface area contributed by atoms with Crippen molar-refractivity contribution in [3.63, 3.8) is 0 Å². The summed E-state index contributed by atoms with van der Waals surface area (Å²) in [6, 6.07) is 129. The van der Waals surface area contributed by atoms with Crippen LogP contribution in [0.5, 0.6) is 0 Å². The quantitative estimate of drug-likeness (QED) is 0.152. The van der Waals surface area contributed by atoms with Crippen LogP contribution in [0.2, 0.25) is 0 Å². The highest BCUT2D eigenvalue weighted by Crippen LogP contribution is 2.31. The first kappa shape index (κ1) is 54.4. The molecule has 0 amide bonds. The molecule has 8 heteroatoms. The van der Waals surface area contributed by atoms with Gasteiger partial charge >= 0.3 is 0 Å². The van der Waals surface area contributed by atoms with Crippen LogP contribution in [0.15, 0.2) is 364 Å². The van der Waals surface area contributed by atoms with E-state index in [0.717, 1.165) is 117 Å². The third-order valence-electron chi connectivity index (χ3n) is 16.2. The SMILES string of the molecule is c1ccc(-c2cc(-c3ccccc3)nc(-n3c4cccc(c4)n(-c4ccccc4)c4cccc(c4)n(-c4ccccc4)c4cccc(c4)n(-c4ccccc4)c4cccc(c4)n(-c4ccccc4)c4cccc(c4)n(-c4ccccc4)c4cccc3c4)n2)cc1. The molecule has 428 valence electrons. The molecule has 0 aliphatic heterocycles. The second kappa shape index (κ2) is 24.6. The minimum atomic E-state index is 0.514. The summed E-state index contributed by atoms with van der Waals surface area (Å²) in [4.78, 5) is 11.1. The van der Waals surface area contributed by atoms with Crippen molar-refractivity contribution in [1.29, 1.82) is 0 Å². The van der Waals surface area contributed by atoms with E-state index >= 15 is 0 Å². The van der Waals surface area contributed by atoms with Crippen LogP contribution < -0.4 is 0 Å². The topological polar surface area (TPSA) is 55.4 Å². The Bertz CT molecular complexity index is 5080. The van der Waals surface area contributed by atoms with E-state index in [2.05, 4.69) is 379 Å². The van der Waals surface area contributed by atoms with E-state index in [1.54, 1.807) is 0 Å². The predicted molar refractivity (Wildman–Crippen MR) is 373 cm³/mol. The molecule has 0 radical (unpaired) electrons. The van der Waals surface area contributed by atoms with Crippen molar-refractivity contribution < 1.29 is 0 Å². The minimum absolute atomic E-state index is 0.514. The van der Waals surface area contributed by atoms with Crippen molar-refractivity contribution in [2.45, 2.75) is 0 Å². The van der Waals surface area contributed by atoms with E-state index in [9.17, 15) is 0 Å². The Hall–Kier alpha value is -12.3. The molecule has 0 saturated carbocycles. The van der Waals surface area contributed by atoms with Gasteiger partial charge in [0.25, 0.3) is 0 Å². The number of benzene rings is 13. The fourth-order valence-electron chi connectivity index (χ4n) is 12.2. The van der Waals surface area contributed by atoms with Crippen molar-refractivity contribution in [1.82, 2.24) is 37.4 Å². The molecule has 12 bridgehead atoms. The van der Waals surface area contributed by atoms with E-state index in [1.165, 1.54) is 0 Å². The standard InChI is InChI=1S/C82H60N8/c1-8-28-61(29-9-1)80-60-81(62-30-10-2-11-31-62)84-82(83-80)90-78-52-26-50-76(58-78)88(66-38-18-6-19-39-66)74-48-24-46-72(56-74)86(64-34-14-4-15-35-64)70-44-22-42-68(54-70)85(63-32-12-3-13-33-63)69-43-23-45-71(55-69)87(65-36-16-5-17-37-65)73-47-25-49-75(57-73)89(67-40-20-7-21-41-67)77-51-27-53-79(90)59-77/h1-60H. The van der Waals surface area contributed by atoms with Crippen LogP contribution in [0.1, 0.15) is 0 Å². The molecule has 0 saturated heterocycles. The number of fused-ring (bicyclic) bond motifs is 12. The summed E-state index contributed by atoms with van der Waals surface area (Å²) in [7, 11) is 0. The van der Waals surface area contributed by atoms with Crippen molar-refractivity contribution in [3.05, 3.63) is 364 Å². The molecule has 2 aromatic heterocycles. The Morgan fingerprint density at radius 2 is 0.333 bits per heavy atom. The molecule has 8 nitrogen and oxygen atoms in total. The Morgan fingerprint density at radius 3 is 0.533 bits per heavy atom. The zero-order valence-corrected chi connectivity index (χ0v) is 49.2. The van der Waals surface area contributed by atoms with E-state index < -0.39 is 0 Å². The molecule has 0 fully saturated rings. The van der Waals surface area contributed by atoms with Crippen LogP contribution in [0, 0.1) is 0 Å². The van der Waals surface area contributed by atoms with Crippen LogP contribution in [-0.4, -0.2) is 37.4 Å². The minimum Gasteiger partial charge on any atom is -0.310 e. The van der Waals surface area contributed by atoms with Crippen LogP contribution in [0.4, 0.5) is 0 Å². The normalized spacial score (nSPS) is 11.1. The summed E-state index contributed by atoms with van der Waals surface area (Å²) in [6.45, 7) is 0. The summed E-state index contributed by atoms with van der Waals surface area (Å²) in [5, 5.41) is 0. The summed E-state index contributed by atoms with van der Waals surface area (Å²) >= 11 is 0. The molecule has 0 N–H and O–H groups in total. The van der Waals surface area contributed by atoms with Gasteiger partial charge in [-0.3, -0.25) is 4.57 Å². The molecule has 0 aliphatic carbocycles. The molecule has 15 rings (SSSR count). The number of rotatable bonds is 8. The monoisotopic (exact) mass is 1160 g/mol. The maximum Gasteiger partial charge on any atom is 0.235 e. The van der Waals surface area contributed by atoms with Gasteiger partial charge in [-0.2, -0.15) is 0 Å². The van der Waals surface area contributed by atoms with Gasteiger partial charge < -0.3 is 22.8 Å². The Kier molecular flexibility index (Phi) is 14.9. The molecular weight excluding hydrogens is 1100 g/mol. The largest absolute Gasteiger partial charge is 0.310 e. The zero-order valence-electron chi connectivity index (χ0n) is 49.2. The van der Waals surface area contributed by atoms with Crippen LogP contribution in [0.3, 0.4) is 0 Å². The number of aromatic nitrogens is 8. The highest BCUT2D eigenvalue weighted by Gasteiger charge is 2.15. The Labute approximate surface area is 521 Å². The van der Waals surface area contributed by atoms with Crippen molar-refractivity contribution >= 4 is 66.2 Å². The predicted octanol–water partition coefficient (Wildman–Crippen LogP) is 20.5. The second-order valence-corrected chi connectivity index (χ2v) is 22.0. The van der Waals surface area contributed by atoms with Gasteiger partial charge in [-0.25, -0.2) is 9.97 Å². The molecule has 0 aliphatic rings. The maximum atomic E-state index is 5.55. The van der Waals surface area contributed by atoms with Gasteiger partial charge in [0.2, 0.25) is 5.95 Å². The summed E-state index contributed by atoms with van der Waals surface area (Å²) in [6.07, 6.45) is 0. The smallest absolute Gasteiger partial charge is 0.235 e. The van der Waals surface area contributed by atoms with Gasteiger partial charge in [0.15, 0.2) is 0 Å². The number of hydrogen-bond donors (Lipinski definition) is 0. The molecule has 0 atom stereocenters. The maximum absolute atomic E-state index is 5.55. The van der Waals surface area contributed by atoms with Gasteiger partial charge in [-0.15, -0.1) is 0 Å². The fraction of sp³-hybridized carbons (Fsp3) is 0. The van der Waals surface area contributed by atoms with Crippen LogP contribution >= 0.6 is 0 Å². The number of nitrogens with zero attached hydrogens (tertiary/aromatic N) is 8. The lowest BCUT2D eigenvalue weighted by Gasteiger charge is -2.17. The molecule has 2 heterocycles. The molecular formula is C82H60N8. The molecule has 15 aromatic rings. The Morgan fingerprint density at radius 1 is 0.156 bits per heavy atom. The van der Waals surface area contributed by atoms with Crippen LogP contribution in [0.25, 0.3) is 123 Å². The third kappa shape index (κ3) is 11.0. The second-order valence-electron chi connectivity index (χ2n) is 22.0. The first-order valence-electron chi connectivity index (χ1n) is 30.3. The lowest BCUT2D eigenvalue weighted by Crippen LogP contribution is -2.06. The highest BCUT2D eigenvalue weighted by atomic mass is 15.2. The van der Waals surface area contributed by atoms with Crippen molar-refractivity contribution in [3.8, 4) is 56.9 Å². The highest BCUT2D eigenvalue weighted by molar-refractivity contribution is 5.81. The first-order chi connectivity index (χ1) is 44.6. The molecule has 13 aromatic carbocycles. The van der Waals surface area contributed by atoms with Gasteiger partial charge in [-0.1, -0.05) is 188 Å². The van der Waals surface area contributed by atoms with Gasteiger partial charge in [0, 0.05) is 94.7 Å². The van der Waals surface area contributed by atoms with Gasteiger partial charge in [0.1, 0.15) is 0 Å². The number of para-hydroxylation sites is 5. The lowest BCUT2D eigenvalue weighted by molar-refractivity contribution is 0.986. The van der Waals surface area contributed by atoms with E-state index in [4.69, 9.17) is 9.97 Å². The molecule has 0 unspecified atom stereocenters. The third-order valence-corrected chi connectivity index (χ3v) is 16.2. The lowest BCUT2D eigenvalue weighted by atomic mass is 10.1. The zero-order chi connectivity index (χ0) is 60.0. The summed E-state index contributed by atoms with van der Waals surface area (Å²) < 4.78 is 13.9. The summed E-state index contributed by atoms with van der Waals surface area (Å²) in [5.41, 5.74) is 20.1. The molecule has 0 spiro atoms.